The molecule has 4 heteroatoms. The van der Waals surface area contributed by atoms with Crippen molar-refractivity contribution in [2.45, 2.75) is 25.7 Å². The van der Waals surface area contributed by atoms with E-state index in [4.69, 9.17) is 0 Å². The van der Waals surface area contributed by atoms with Gasteiger partial charge in [0.25, 0.3) is 0 Å². The number of amides is 1. The molecule has 3 nitrogen and oxygen atoms in total. The van der Waals surface area contributed by atoms with Gasteiger partial charge in [-0.2, -0.15) is 0 Å². The molecule has 1 amide bonds. The standard InChI is InChI=1S/C17H16GeNO2/c1-10(20)12-4-7-16-14(9-12)15(17(21)19-16)8-11-2-5-13(18)6-3-11/h2,4-7,9,11,15H,3,8H2,1H3,(H,19,21). The number of allylic oxidation sites excluding steroid dienone is 4. The fourth-order valence-electron chi connectivity index (χ4n) is 2.92. The van der Waals surface area contributed by atoms with Crippen LogP contribution in [-0.4, -0.2) is 28.2 Å². The Morgan fingerprint density at radius 3 is 2.90 bits per heavy atom. The third-order valence-electron chi connectivity index (χ3n) is 4.13. The second-order valence-electron chi connectivity index (χ2n) is 5.65. The van der Waals surface area contributed by atoms with Crippen LogP contribution in [0.5, 0.6) is 0 Å². The van der Waals surface area contributed by atoms with E-state index in [1.54, 1.807) is 13.0 Å². The maximum atomic E-state index is 12.2. The topological polar surface area (TPSA) is 46.2 Å². The molecule has 1 aromatic rings. The Kier molecular flexibility index (Phi) is 3.85. The molecule has 1 aliphatic carbocycles. The van der Waals surface area contributed by atoms with Gasteiger partial charge < -0.3 is 0 Å². The number of rotatable bonds is 3. The molecule has 3 rings (SSSR count). The third kappa shape index (κ3) is 2.88. The van der Waals surface area contributed by atoms with E-state index in [2.05, 4.69) is 40.1 Å². The number of Topliss-reactive ketones (excluding diaryl/α,β-unsaturated/α-hetero) is 1. The average Bonchev–Trinajstić information content (AvgIpc) is 2.77. The molecule has 0 fully saturated rings. The number of hydrogen-bond donors (Lipinski definition) is 1. The quantitative estimate of drug-likeness (QED) is 0.680. The van der Waals surface area contributed by atoms with Crippen molar-refractivity contribution in [2.75, 3.05) is 5.32 Å². The van der Waals surface area contributed by atoms with Gasteiger partial charge in [-0.05, 0) is 0 Å². The number of fused-ring (bicyclic) bond motifs is 1. The van der Waals surface area contributed by atoms with Crippen LogP contribution in [0.15, 0.2) is 40.8 Å². The molecule has 0 saturated carbocycles. The predicted octanol–water partition coefficient (Wildman–Crippen LogP) is 2.94. The van der Waals surface area contributed by atoms with Gasteiger partial charge in [-0.1, -0.05) is 0 Å². The minimum absolute atomic E-state index is 0.0343. The van der Waals surface area contributed by atoms with E-state index >= 15 is 0 Å². The zero-order chi connectivity index (χ0) is 15.0. The van der Waals surface area contributed by atoms with Crippen molar-refractivity contribution in [1.82, 2.24) is 0 Å². The molecule has 0 bridgehead atoms. The summed E-state index contributed by atoms with van der Waals surface area (Å²) in [5.74, 6) is 0.314. The third-order valence-corrected chi connectivity index (χ3v) is 4.91. The summed E-state index contributed by atoms with van der Waals surface area (Å²) in [5, 5.41) is 2.92. The SMILES string of the molecule is CC(=O)c1ccc2c(c1)C(CC1C=C[C]([Ge])=CC1)C(=O)N2. The summed E-state index contributed by atoms with van der Waals surface area (Å²) in [4.78, 5) is 23.8. The number of ketones is 1. The molecule has 1 heterocycles. The first kappa shape index (κ1) is 14.3. The molecule has 0 spiro atoms. The fraction of sp³-hybridized carbons (Fsp3) is 0.294. The van der Waals surface area contributed by atoms with Crippen LogP contribution in [0, 0.1) is 5.92 Å². The monoisotopic (exact) mass is 340 g/mol. The second-order valence-corrected chi connectivity index (χ2v) is 6.86. The molecule has 2 aliphatic rings. The molecule has 2 atom stereocenters. The number of carbonyl (C=O) groups excluding carboxylic acids is 2. The fourth-order valence-corrected chi connectivity index (χ4v) is 3.37. The van der Waals surface area contributed by atoms with Gasteiger partial charge in [-0.3, -0.25) is 0 Å². The Morgan fingerprint density at radius 2 is 2.24 bits per heavy atom. The van der Waals surface area contributed by atoms with Crippen LogP contribution in [0.2, 0.25) is 0 Å². The van der Waals surface area contributed by atoms with E-state index in [1.807, 2.05) is 12.1 Å². The number of benzene rings is 1. The van der Waals surface area contributed by atoms with Crippen molar-refractivity contribution in [1.29, 1.82) is 0 Å². The first-order valence-corrected chi connectivity index (χ1v) is 8.15. The van der Waals surface area contributed by atoms with Crippen LogP contribution in [0.3, 0.4) is 0 Å². The van der Waals surface area contributed by atoms with E-state index in [0.29, 0.717) is 11.5 Å². The second kappa shape index (κ2) is 5.64. The van der Waals surface area contributed by atoms with Crippen molar-refractivity contribution in [3.8, 4) is 0 Å². The van der Waals surface area contributed by atoms with E-state index in [-0.39, 0.29) is 17.6 Å². The molecule has 2 unspecified atom stereocenters. The zero-order valence-corrected chi connectivity index (χ0v) is 13.9. The summed E-state index contributed by atoms with van der Waals surface area (Å²) < 4.78 is 1.28. The van der Waals surface area contributed by atoms with Crippen LogP contribution < -0.4 is 5.32 Å². The van der Waals surface area contributed by atoms with Crippen LogP contribution in [0.4, 0.5) is 5.69 Å². The summed E-state index contributed by atoms with van der Waals surface area (Å²) in [5.41, 5.74) is 2.49. The summed E-state index contributed by atoms with van der Waals surface area (Å²) >= 11 is 2.09. The molecule has 1 aromatic carbocycles. The summed E-state index contributed by atoms with van der Waals surface area (Å²) in [6.07, 6.45) is 8.29. The Hall–Kier alpha value is -1.62. The van der Waals surface area contributed by atoms with Crippen LogP contribution >= 0.6 is 0 Å². The van der Waals surface area contributed by atoms with Gasteiger partial charge in [0.2, 0.25) is 0 Å². The Bertz CT molecular complexity index is 675. The summed E-state index contributed by atoms with van der Waals surface area (Å²) in [6.45, 7) is 1.55. The van der Waals surface area contributed by atoms with E-state index in [9.17, 15) is 9.59 Å². The predicted molar refractivity (Wildman–Crippen MR) is 83.5 cm³/mol. The van der Waals surface area contributed by atoms with Crippen LogP contribution in [0.1, 0.15) is 41.6 Å². The molecule has 105 valence electrons. The minimum atomic E-state index is -0.152. The van der Waals surface area contributed by atoms with Gasteiger partial charge in [-0.15, -0.1) is 0 Å². The zero-order valence-electron chi connectivity index (χ0n) is 11.8. The molecule has 0 saturated heterocycles. The number of carbonyl (C=O) groups is 2. The normalized spacial score (nSPS) is 23.5. The van der Waals surface area contributed by atoms with Gasteiger partial charge in [0.15, 0.2) is 0 Å². The van der Waals surface area contributed by atoms with Crippen molar-refractivity contribution >= 4 is 33.9 Å². The Labute approximate surface area is 132 Å². The maximum absolute atomic E-state index is 12.2. The van der Waals surface area contributed by atoms with Crippen molar-refractivity contribution < 1.29 is 9.59 Å². The Morgan fingerprint density at radius 1 is 1.43 bits per heavy atom. The number of anilines is 1. The first-order chi connectivity index (χ1) is 10.0. The van der Waals surface area contributed by atoms with E-state index in [0.717, 1.165) is 24.1 Å². The summed E-state index contributed by atoms with van der Waals surface area (Å²) in [6, 6.07) is 5.48. The number of hydrogen-bond acceptors (Lipinski definition) is 2. The van der Waals surface area contributed by atoms with Crippen molar-refractivity contribution in [2.24, 2.45) is 5.92 Å². The van der Waals surface area contributed by atoms with Crippen LogP contribution in [0.25, 0.3) is 0 Å². The van der Waals surface area contributed by atoms with Gasteiger partial charge in [0, 0.05) is 0 Å². The van der Waals surface area contributed by atoms with E-state index < -0.39 is 0 Å². The summed E-state index contributed by atoms with van der Waals surface area (Å²) in [7, 11) is 0. The first-order valence-electron chi connectivity index (χ1n) is 7.10. The van der Waals surface area contributed by atoms with Gasteiger partial charge in [0.1, 0.15) is 0 Å². The van der Waals surface area contributed by atoms with Crippen LogP contribution in [-0.2, 0) is 4.79 Å². The van der Waals surface area contributed by atoms with Gasteiger partial charge in [-0.25, -0.2) is 0 Å². The van der Waals surface area contributed by atoms with Crippen molar-refractivity contribution in [3.63, 3.8) is 0 Å². The van der Waals surface area contributed by atoms with E-state index in [1.165, 1.54) is 4.41 Å². The molecule has 3 radical (unpaired) electrons. The molecule has 1 N–H and O–H groups in total. The molecule has 0 aromatic heterocycles. The molecule has 1 aliphatic heterocycles. The molecular formula is C17H16GeNO2. The Balaban J connectivity index is 1.84. The van der Waals surface area contributed by atoms with Crippen molar-refractivity contribution in [3.05, 3.63) is 52.0 Å². The number of nitrogens with one attached hydrogen (secondary N) is 1. The van der Waals surface area contributed by atoms with Gasteiger partial charge in [0.05, 0.1) is 0 Å². The molecular weight excluding hydrogens is 323 g/mol. The average molecular weight is 339 g/mol. The molecule has 21 heavy (non-hydrogen) atoms. The van der Waals surface area contributed by atoms with Gasteiger partial charge >= 0.3 is 132 Å².